The first kappa shape index (κ1) is 8.38. The molecule has 0 radical (unpaired) electrons. The van der Waals surface area contributed by atoms with Crippen molar-refractivity contribution in [2.45, 2.75) is 43.3 Å². The van der Waals surface area contributed by atoms with Gasteiger partial charge in [0, 0.05) is 12.8 Å². The molecule has 2 aliphatic rings. The second-order valence-corrected chi connectivity index (χ2v) is 3.78. The Morgan fingerprint density at radius 3 is 2.08 bits per heavy atom. The van der Waals surface area contributed by atoms with E-state index in [0.717, 1.165) is 0 Å². The molecular weight excluding hydrogens is 166 g/mol. The lowest BCUT2D eigenvalue weighted by Gasteiger charge is -2.34. The first-order valence-electron chi connectivity index (χ1n) is 4.24. The van der Waals surface area contributed by atoms with E-state index in [0.29, 0.717) is 6.61 Å². The standard InChI is InChI=1S/C8H12F2O2/c9-8(10)3-1-7(11,2-4-8)6-5-12-6/h6,11H,1-5H2. The SMILES string of the molecule is OC1(C2CO2)CCC(F)(F)CC1. The summed E-state index contributed by atoms with van der Waals surface area (Å²) in [4.78, 5) is 0. The van der Waals surface area contributed by atoms with Crippen LogP contribution in [0.5, 0.6) is 0 Å². The molecule has 0 amide bonds. The van der Waals surface area contributed by atoms with Crippen LogP contribution in [0.25, 0.3) is 0 Å². The highest BCUT2D eigenvalue weighted by atomic mass is 19.3. The van der Waals surface area contributed by atoms with Crippen molar-refractivity contribution in [2.24, 2.45) is 0 Å². The minimum Gasteiger partial charge on any atom is -0.387 e. The molecule has 1 heterocycles. The zero-order valence-electron chi connectivity index (χ0n) is 6.72. The Hall–Kier alpha value is -0.220. The average molecular weight is 178 g/mol. The summed E-state index contributed by atoms with van der Waals surface area (Å²) in [5, 5.41) is 9.78. The molecule has 1 unspecified atom stereocenters. The van der Waals surface area contributed by atoms with Crippen molar-refractivity contribution in [3.63, 3.8) is 0 Å². The van der Waals surface area contributed by atoms with Crippen LogP contribution in [0.1, 0.15) is 25.7 Å². The van der Waals surface area contributed by atoms with Crippen LogP contribution >= 0.6 is 0 Å². The van der Waals surface area contributed by atoms with Gasteiger partial charge in [0.25, 0.3) is 0 Å². The number of epoxide rings is 1. The molecule has 0 aromatic carbocycles. The van der Waals surface area contributed by atoms with Crippen molar-refractivity contribution in [1.82, 2.24) is 0 Å². The second-order valence-electron chi connectivity index (χ2n) is 3.78. The quantitative estimate of drug-likeness (QED) is 0.614. The van der Waals surface area contributed by atoms with Crippen LogP contribution in [0, 0.1) is 0 Å². The van der Waals surface area contributed by atoms with Crippen LogP contribution in [0.4, 0.5) is 8.78 Å². The molecule has 2 fully saturated rings. The summed E-state index contributed by atoms with van der Waals surface area (Å²) in [5.74, 6) is -2.57. The minimum atomic E-state index is -2.57. The molecule has 0 bridgehead atoms. The van der Waals surface area contributed by atoms with E-state index in [1.807, 2.05) is 0 Å². The highest BCUT2D eigenvalue weighted by Crippen LogP contribution is 2.43. The predicted molar refractivity (Wildman–Crippen MR) is 38.1 cm³/mol. The lowest BCUT2D eigenvalue weighted by atomic mass is 9.81. The number of alkyl halides is 2. The molecule has 1 N–H and O–H groups in total. The van der Waals surface area contributed by atoms with Crippen molar-refractivity contribution in [2.75, 3.05) is 6.61 Å². The second kappa shape index (κ2) is 2.39. The average Bonchev–Trinajstić information content (AvgIpc) is 2.78. The summed E-state index contributed by atoms with van der Waals surface area (Å²) in [6, 6.07) is 0. The molecule has 0 spiro atoms. The number of hydrogen-bond donors (Lipinski definition) is 1. The first-order valence-corrected chi connectivity index (χ1v) is 4.24. The number of halogens is 2. The Balaban J connectivity index is 1.96. The highest BCUT2D eigenvalue weighted by Gasteiger charge is 2.51. The largest absolute Gasteiger partial charge is 0.387 e. The van der Waals surface area contributed by atoms with Gasteiger partial charge in [-0.3, -0.25) is 0 Å². The summed E-state index contributed by atoms with van der Waals surface area (Å²) in [7, 11) is 0. The Kier molecular flexibility index (Phi) is 1.67. The first-order chi connectivity index (χ1) is 5.52. The lowest BCUT2D eigenvalue weighted by Crippen LogP contribution is -2.42. The van der Waals surface area contributed by atoms with Gasteiger partial charge in [-0.15, -0.1) is 0 Å². The summed E-state index contributed by atoms with van der Waals surface area (Å²) >= 11 is 0. The third-order valence-corrected chi connectivity index (χ3v) is 2.78. The molecule has 70 valence electrons. The maximum absolute atomic E-state index is 12.7. The van der Waals surface area contributed by atoms with E-state index < -0.39 is 11.5 Å². The molecule has 1 aliphatic carbocycles. The maximum atomic E-state index is 12.7. The highest BCUT2D eigenvalue weighted by molar-refractivity contribution is 4.98. The van der Waals surface area contributed by atoms with Crippen molar-refractivity contribution in [1.29, 1.82) is 0 Å². The van der Waals surface area contributed by atoms with Crippen molar-refractivity contribution < 1.29 is 18.6 Å². The smallest absolute Gasteiger partial charge is 0.248 e. The van der Waals surface area contributed by atoms with E-state index >= 15 is 0 Å². The fourth-order valence-electron chi connectivity index (χ4n) is 1.73. The Morgan fingerprint density at radius 1 is 1.17 bits per heavy atom. The van der Waals surface area contributed by atoms with Gasteiger partial charge in [-0.25, -0.2) is 8.78 Å². The van der Waals surface area contributed by atoms with Gasteiger partial charge in [-0.05, 0) is 12.8 Å². The summed E-state index contributed by atoms with van der Waals surface area (Å²) < 4.78 is 30.3. The van der Waals surface area contributed by atoms with E-state index in [2.05, 4.69) is 0 Å². The zero-order chi connectivity index (χ0) is 8.82. The van der Waals surface area contributed by atoms with Gasteiger partial charge < -0.3 is 9.84 Å². The van der Waals surface area contributed by atoms with Crippen LogP contribution in [0.15, 0.2) is 0 Å². The molecule has 2 nitrogen and oxygen atoms in total. The fraction of sp³-hybridized carbons (Fsp3) is 1.00. The molecule has 4 heteroatoms. The van der Waals surface area contributed by atoms with Gasteiger partial charge in [0.05, 0.1) is 12.2 Å². The molecule has 2 rings (SSSR count). The van der Waals surface area contributed by atoms with Crippen molar-refractivity contribution >= 4 is 0 Å². The van der Waals surface area contributed by atoms with Crippen molar-refractivity contribution in [3.8, 4) is 0 Å². The number of rotatable bonds is 1. The topological polar surface area (TPSA) is 32.8 Å². The van der Waals surface area contributed by atoms with E-state index in [-0.39, 0.29) is 31.8 Å². The van der Waals surface area contributed by atoms with E-state index in [9.17, 15) is 13.9 Å². The fourth-order valence-corrected chi connectivity index (χ4v) is 1.73. The van der Waals surface area contributed by atoms with Crippen LogP contribution in [0.2, 0.25) is 0 Å². The normalized spacial score (nSPS) is 37.8. The molecule has 0 aromatic heterocycles. The van der Waals surface area contributed by atoms with Crippen LogP contribution in [-0.4, -0.2) is 29.3 Å². The number of ether oxygens (including phenoxy) is 1. The Morgan fingerprint density at radius 2 is 1.67 bits per heavy atom. The number of aliphatic hydroxyl groups is 1. The maximum Gasteiger partial charge on any atom is 0.248 e. The minimum absolute atomic E-state index is 0.171. The third-order valence-electron chi connectivity index (χ3n) is 2.78. The predicted octanol–water partition coefficient (Wildman–Crippen LogP) is 1.33. The molecule has 1 atom stereocenters. The van der Waals surface area contributed by atoms with E-state index in [1.54, 1.807) is 0 Å². The summed E-state index contributed by atoms with van der Waals surface area (Å²) in [6.45, 7) is 0.530. The van der Waals surface area contributed by atoms with Crippen molar-refractivity contribution in [3.05, 3.63) is 0 Å². The Labute approximate surface area is 69.5 Å². The number of hydrogen-bond acceptors (Lipinski definition) is 2. The molecule has 0 aromatic rings. The van der Waals surface area contributed by atoms with Crippen LogP contribution < -0.4 is 0 Å². The van der Waals surface area contributed by atoms with E-state index in [4.69, 9.17) is 4.74 Å². The summed E-state index contributed by atoms with van der Waals surface area (Å²) in [6.07, 6.45) is -0.240. The lowest BCUT2D eigenvalue weighted by molar-refractivity contribution is -0.111. The van der Waals surface area contributed by atoms with Gasteiger partial charge >= 0.3 is 0 Å². The third kappa shape index (κ3) is 1.45. The van der Waals surface area contributed by atoms with Crippen LogP contribution in [0.3, 0.4) is 0 Å². The Bertz CT molecular complexity index is 179. The van der Waals surface area contributed by atoms with E-state index in [1.165, 1.54) is 0 Å². The molecule has 1 aliphatic heterocycles. The van der Waals surface area contributed by atoms with Gasteiger partial charge in [0.15, 0.2) is 0 Å². The monoisotopic (exact) mass is 178 g/mol. The molecule has 12 heavy (non-hydrogen) atoms. The van der Waals surface area contributed by atoms with Gasteiger partial charge in [0.2, 0.25) is 5.92 Å². The van der Waals surface area contributed by atoms with Gasteiger partial charge in [-0.2, -0.15) is 0 Å². The van der Waals surface area contributed by atoms with Gasteiger partial charge in [0.1, 0.15) is 6.10 Å². The molecule has 1 saturated heterocycles. The summed E-state index contributed by atoms with van der Waals surface area (Å²) in [5.41, 5.74) is -0.957. The van der Waals surface area contributed by atoms with Gasteiger partial charge in [-0.1, -0.05) is 0 Å². The van der Waals surface area contributed by atoms with Crippen LogP contribution in [-0.2, 0) is 4.74 Å². The molecular formula is C8H12F2O2. The molecule has 1 saturated carbocycles. The zero-order valence-corrected chi connectivity index (χ0v) is 6.72.